The van der Waals surface area contributed by atoms with Crippen molar-refractivity contribution in [2.45, 2.75) is 58.5 Å². The van der Waals surface area contributed by atoms with Crippen LogP contribution in [0.15, 0.2) is 53.0 Å². The van der Waals surface area contributed by atoms with E-state index in [0.29, 0.717) is 30.8 Å². The van der Waals surface area contributed by atoms with Gasteiger partial charge in [-0.05, 0) is 62.9 Å². The molecule has 162 valence electrons. The highest BCUT2D eigenvalue weighted by Gasteiger charge is 2.22. The number of carbonyl (C=O) groups excluding carboxylic acids is 1. The molecule has 2 aromatic carbocycles. The van der Waals surface area contributed by atoms with Crippen LogP contribution < -0.4 is 4.74 Å². The minimum atomic E-state index is -1.08. The van der Waals surface area contributed by atoms with E-state index in [9.17, 15) is 9.59 Å². The summed E-state index contributed by atoms with van der Waals surface area (Å²) in [5, 5.41) is 8.71. The average molecular weight is 477 g/mol. The Kier molecular flexibility index (Phi) is 9.22. The Morgan fingerprint density at radius 1 is 1.13 bits per heavy atom. The van der Waals surface area contributed by atoms with Gasteiger partial charge in [0.2, 0.25) is 0 Å². The van der Waals surface area contributed by atoms with Crippen molar-refractivity contribution >= 4 is 27.8 Å². The third-order valence-corrected chi connectivity index (χ3v) is 5.43. The number of para-hydroxylation sites is 1. The van der Waals surface area contributed by atoms with Gasteiger partial charge in [-0.3, -0.25) is 9.59 Å². The second-order valence-electron chi connectivity index (χ2n) is 7.15. The summed E-state index contributed by atoms with van der Waals surface area (Å²) in [5.74, 6) is -0.298. The number of unbranched alkanes of at least 4 members (excludes halogenated alkanes) is 2. The molecule has 0 saturated heterocycles. The molecule has 0 heterocycles. The minimum Gasteiger partial charge on any atom is -0.493 e. The van der Waals surface area contributed by atoms with E-state index in [-0.39, 0.29) is 18.9 Å². The van der Waals surface area contributed by atoms with Gasteiger partial charge in [0.15, 0.2) is 0 Å². The number of nitrogens with zero attached hydrogens (tertiary/aromatic N) is 1. The fraction of sp³-hybridized carbons (Fsp3) is 0.417. The quantitative estimate of drug-likeness (QED) is 0.386. The number of aliphatic carboxylic acids is 1. The Balaban J connectivity index is 2.13. The van der Waals surface area contributed by atoms with Crippen LogP contribution in [0.3, 0.4) is 0 Å². The van der Waals surface area contributed by atoms with Gasteiger partial charge in [-0.1, -0.05) is 41.1 Å². The molecule has 0 aromatic heterocycles. The number of carbonyl (C=O) groups is 2. The molecule has 1 unspecified atom stereocenters. The normalized spacial score (nSPS) is 13.2. The van der Waals surface area contributed by atoms with Gasteiger partial charge in [-0.25, -0.2) is 0 Å². The first-order chi connectivity index (χ1) is 14.7. The standard InChI is InChI=1S/C24H30BrNO4/c1-3-18(2)26(24(29)19-12-14-21(25)15-13-19)17-20-9-6-7-10-22(20)30-16-8-4-5-11-23(27)28/h6-7,9-10,12-15,18H,3-5,8,11,16-17H2,1-2H3,(H,27,28)/i18D. The lowest BCUT2D eigenvalue weighted by Gasteiger charge is -2.29. The van der Waals surface area contributed by atoms with Crippen LogP contribution in [-0.4, -0.2) is 34.5 Å². The Hall–Kier alpha value is -2.34. The number of benzene rings is 2. The number of halogens is 1. The topological polar surface area (TPSA) is 66.8 Å². The van der Waals surface area contributed by atoms with Crippen LogP contribution in [0.1, 0.15) is 63.2 Å². The highest BCUT2D eigenvalue weighted by molar-refractivity contribution is 9.10. The Morgan fingerprint density at radius 3 is 2.50 bits per heavy atom. The van der Waals surface area contributed by atoms with Gasteiger partial charge in [0.1, 0.15) is 5.75 Å². The second-order valence-corrected chi connectivity index (χ2v) is 8.06. The molecule has 0 aliphatic heterocycles. The summed E-state index contributed by atoms with van der Waals surface area (Å²) in [7, 11) is 0. The van der Waals surface area contributed by atoms with Gasteiger partial charge in [0, 0.05) is 34.6 Å². The molecule has 0 fully saturated rings. The van der Waals surface area contributed by atoms with Gasteiger partial charge in [-0.2, -0.15) is 0 Å². The third-order valence-electron chi connectivity index (χ3n) is 4.90. The van der Waals surface area contributed by atoms with Crippen molar-refractivity contribution in [2.75, 3.05) is 6.61 Å². The number of carboxylic acid groups (broad SMARTS) is 1. The number of carboxylic acids is 1. The fourth-order valence-electron chi connectivity index (χ4n) is 3.00. The van der Waals surface area contributed by atoms with Gasteiger partial charge in [-0.15, -0.1) is 0 Å². The summed E-state index contributed by atoms with van der Waals surface area (Å²) in [6.07, 6.45) is 2.83. The van der Waals surface area contributed by atoms with E-state index in [1.54, 1.807) is 24.0 Å². The first-order valence-corrected chi connectivity index (χ1v) is 11.0. The zero-order valence-corrected chi connectivity index (χ0v) is 19.2. The third kappa shape index (κ3) is 7.48. The van der Waals surface area contributed by atoms with Crippen LogP contribution in [0.25, 0.3) is 0 Å². The molecule has 0 aliphatic carbocycles. The molecule has 0 spiro atoms. The highest BCUT2D eigenvalue weighted by atomic mass is 79.9. The van der Waals surface area contributed by atoms with Crippen molar-refractivity contribution in [1.29, 1.82) is 0 Å². The van der Waals surface area contributed by atoms with E-state index in [1.807, 2.05) is 43.3 Å². The average Bonchev–Trinajstić information content (AvgIpc) is 2.75. The number of hydrogen-bond donors (Lipinski definition) is 1. The van der Waals surface area contributed by atoms with Crippen molar-refractivity contribution in [3.8, 4) is 5.75 Å². The van der Waals surface area contributed by atoms with E-state index in [1.165, 1.54) is 0 Å². The molecule has 1 amide bonds. The van der Waals surface area contributed by atoms with Crippen LogP contribution in [-0.2, 0) is 11.3 Å². The zero-order valence-electron chi connectivity index (χ0n) is 18.6. The lowest BCUT2D eigenvalue weighted by molar-refractivity contribution is -0.137. The maximum atomic E-state index is 13.3. The van der Waals surface area contributed by atoms with Crippen molar-refractivity contribution in [2.24, 2.45) is 0 Å². The number of amides is 1. The summed E-state index contributed by atoms with van der Waals surface area (Å²) in [5.41, 5.74) is 1.37. The van der Waals surface area contributed by atoms with E-state index in [0.717, 1.165) is 22.9 Å². The fourth-order valence-corrected chi connectivity index (χ4v) is 3.27. The van der Waals surface area contributed by atoms with Crippen molar-refractivity contribution in [3.63, 3.8) is 0 Å². The maximum absolute atomic E-state index is 13.3. The highest BCUT2D eigenvalue weighted by Crippen LogP contribution is 2.24. The Morgan fingerprint density at radius 2 is 1.83 bits per heavy atom. The molecular weight excluding hydrogens is 446 g/mol. The maximum Gasteiger partial charge on any atom is 0.303 e. The van der Waals surface area contributed by atoms with Crippen molar-refractivity contribution in [3.05, 3.63) is 64.1 Å². The molecule has 0 aliphatic rings. The molecular formula is C24H30BrNO4. The molecule has 6 heteroatoms. The predicted octanol–water partition coefficient (Wildman–Crippen LogP) is 5.91. The molecule has 2 rings (SSSR count). The van der Waals surface area contributed by atoms with Gasteiger partial charge in [0.25, 0.3) is 5.91 Å². The van der Waals surface area contributed by atoms with E-state index >= 15 is 0 Å². The van der Waals surface area contributed by atoms with Crippen molar-refractivity contribution in [1.82, 2.24) is 4.90 Å². The summed E-state index contributed by atoms with van der Waals surface area (Å²) in [6, 6.07) is 13.6. The van der Waals surface area contributed by atoms with Crippen LogP contribution in [0, 0.1) is 0 Å². The van der Waals surface area contributed by atoms with Crippen LogP contribution in [0.2, 0.25) is 0 Å². The number of rotatable bonds is 12. The molecule has 1 N–H and O–H groups in total. The molecule has 0 radical (unpaired) electrons. The summed E-state index contributed by atoms with van der Waals surface area (Å²) < 4.78 is 15.6. The Labute approximate surface area is 188 Å². The van der Waals surface area contributed by atoms with Crippen LogP contribution >= 0.6 is 15.9 Å². The molecule has 0 saturated carbocycles. The largest absolute Gasteiger partial charge is 0.493 e. The summed E-state index contributed by atoms with van der Waals surface area (Å²) in [4.78, 5) is 25.4. The number of ether oxygens (including phenoxy) is 1. The van der Waals surface area contributed by atoms with E-state index in [2.05, 4.69) is 15.9 Å². The summed E-state index contributed by atoms with van der Waals surface area (Å²) in [6.45, 7) is 4.38. The van der Waals surface area contributed by atoms with Gasteiger partial charge in [0.05, 0.1) is 7.98 Å². The zero-order chi connectivity index (χ0) is 22.9. The first-order valence-electron chi connectivity index (χ1n) is 10.7. The number of hydrogen-bond acceptors (Lipinski definition) is 3. The molecule has 2 aromatic rings. The first kappa shape index (κ1) is 22.3. The second kappa shape index (κ2) is 12.4. The Bertz CT molecular complexity index is 870. The van der Waals surface area contributed by atoms with Crippen molar-refractivity contribution < 1.29 is 20.8 Å². The SMILES string of the molecule is [2H]C(C)(CC)N(Cc1ccccc1OCCCCCC(=O)O)C(=O)c1ccc(Br)cc1. The van der Waals surface area contributed by atoms with Gasteiger partial charge < -0.3 is 14.7 Å². The molecule has 1 atom stereocenters. The summed E-state index contributed by atoms with van der Waals surface area (Å²) >= 11 is 3.39. The smallest absolute Gasteiger partial charge is 0.303 e. The molecule has 30 heavy (non-hydrogen) atoms. The predicted molar refractivity (Wildman–Crippen MR) is 122 cm³/mol. The van der Waals surface area contributed by atoms with E-state index < -0.39 is 12.0 Å². The van der Waals surface area contributed by atoms with Crippen LogP contribution in [0.5, 0.6) is 5.75 Å². The monoisotopic (exact) mass is 476 g/mol. The minimum absolute atomic E-state index is 0.169. The molecule has 5 nitrogen and oxygen atoms in total. The van der Waals surface area contributed by atoms with Crippen LogP contribution in [0.4, 0.5) is 0 Å². The molecule has 0 bridgehead atoms. The van der Waals surface area contributed by atoms with E-state index in [4.69, 9.17) is 11.2 Å². The van der Waals surface area contributed by atoms with Gasteiger partial charge >= 0.3 is 5.97 Å². The lowest BCUT2D eigenvalue weighted by Crippen LogP contribution is -2.37. The lowest BCUT2D eigenvalue weighted by atomic mass is 10.1.